The first-order valence-corrected chi connectivity index (χ1v) is 11.5. The van der Waals surface area contributed by atoms with E-state index in [1.54, 1.807) is 60.7 Å². The van der Waals surface area contributed by atoms with E-state index in [0.29, 0.717) is 0 Å². The molecule has 0 aliphatic heterocycles. The summed E-state index contributed by atoms with van der Waals surface area (Å²) >= 11 is 0. The Bertz CT molecular complexity index is 1180. The van der Waals surface area contributed by atoms with Crippen molar-refractivity contribution in [2.24, 2.45) is 0 Å². The number of para-hydroxylation sites is 2. The van der Waals surface area contributed by atoms with Crippen LogP contribution in [0.2, 0.25) is 0 Å². The number of aryl methyl sites for hydroxylation is 1. The monoisotopic (exact) mass is 486 g/mol. The summed E-state index contributed by atoms with van der Waals surface area (Å²) in [6, 6.07) is 22.3. The zero-order chi connectivity index (χ0) is 24.4. The molecule has 3 aromatic carbocycles. The summed E-state index contributed by atoms with van der Waals surface area (Å²) in [5.41, 5.74) is 0.870. The average molecular weight is 486 g/mol. The van der Waals surface area contributed by atoms with Crippen LogP contribution in [0.4, 0.5) is 9.59 Å². The molecule has 0 N–H and O–H groups in total. The quantitative estimate of drug-likeness (QED) is 0.245. The molecule has 0 radical (unpaired) electrons. The summed E-state index contributed by atoms with van der Waals surface area (Å²) in [5, 5.41) is 0. The van der Waals surface area contributed by atoms with E-state index in [9.17, 15) is 18.0 Å². The van der Waals surface area contributed by atoms with Gasteiger partial charge in [0.2, 0.25) is 0 Å². The second-order valence-corrected chi connectivity index (χ2v) is 8.55. The largest absolute Gasteiger partial charge is 0.514 e. The standard InChI is InChI=1S/C24H22O9S/c1-18-12-14-22(15-13-18)34(27,28)30-17-21(33-24(26)32-20-10-6-3-7-11-20)16-29-23(25)31-19-8-4-2-5-9-19/h2-15,21H,16-17H2,1H3/t21-/m0/s1. The number of hydrogen-bond donors (Lipinski definition) is 0. The minimum absolute atomic E-state index is 0.0758. The lowest BCUT2D eigenvalue weighted by Crippen LogP contribution is -2.32. The third-order valence-electron chi connectivity index (χ3n) is 4.26. The number of ether oxygens (including phenoxy) is 4. The van der Waals surface area contributed by atoms with Gasteiger partial charge in [0.25, 0.3) is 10.1 Å². The van der Waals surface area contributed by atoms with Gasteiger partial charge >= 0.3 is 12.3 Å². The van der Waals surface area contributed by atoms with Crippen molar-refractivity contribution >= 4 is 22.4 Å². The Morgan fingerprint density at radius 1 is 0.735 bits per heavy atom. The summed E-state index contributed by atoms with van der Waals surface area (Å²) in [7, 11) is -4.16. The van der Waals surface area contributed by atoms with Crippen LogP contribution in [0, 0.1) is 6.92 Å². The van der Waals surface area contributed by atoms with Gasteiger partial charge in [-0.25, -0.2) is 9.59 Å². The van der Waals surface area contributed by atoms with Crippen LogP contribution in [0.25, 0.3) is 0 Å². The Morgan fingerprint density at radius 2 is 1.26 bits per heavy atom. The minimum Gasteiger partial charge on any atom is -0.430 e. The second kappa shape index (κ2) is 11.8. The maximum absolute atomic E-state index is 12.5. The Morgan fingerprint density at radius 3 is 1.82 bits per heavy atom. The van der Waals surface area contributed by atoms with Gasteiger partial charge in [-0.3, -0.25) is 4.18 Å². The Balaban J connectivity index is 1.63. The van der Waals surface area contributed by atoms with Crippen molar-refractivity contribution in [3.05, 3.63) is 90.5 Å². The van der Waals surface area contributed by atoms with E-state index in [1.807, 2.05) is 6.92 Å². The van der Waals surface area contributed by atoms with E-state index < -0.39 is 41.7 Å². The van der Waals surface area contributed by atoms with Gasteiger partial charge in [0.15, 0.2) is 6.10 Å². The van der Waals surface area contributed by atoms with Crippen molar-refractivity contribution in [2.75, 3.05) is 13.2 Å². The van der Waals surface area contributed by atoms with Crippen molar-refractivity contribution in [3.63, 3.8) is 0 Å². The normalized spacial score (nSPS) is 11.8. The topological polar surface area (TPSA) is 114 Å². The van der Waals surface area contributed by atoms with Crippen LogP contribution < -0.4 is 9.47 Å². The highest BCUT2D eigenvalue weighted by Gasteiger charge is 2.24. The highest BCUT2D eigenvalue weighted by atomic mass is 32.2. The van der Waals surface area contributed by atoms with Gasteiger partial charge in [-0.15, -0.1) is 0 Å². The number of benzene rings is 3. The molecule has 0 aliphatic carbocycles. The Hall–Kier alpha value is -3.89. The summed E-state index contributed by atoms with van der Waals surface area (Å²) < 4.78 is 50.1. The van der Waals surface area contributed by atoms with Crippen LogP contribution in [-0.2, 0) is 23.8 Å². The summed E-state index contributed by atoms with van der Waals surface area (Å²) in [6.45, 7) is 0.642. The van der Waals surface area contributed by atoms with Crippen molar-refractivity contribution in [1.82, 2.24) is 0 Å². The fourth-order valence-electron chi connectivity index (χ4n) is 2.57. The van der Waals surface area contributed by atoms with Crippen molar-refractivity contribution in [3.8, 4) is 11.5 Å². The SMILES string of the molecule is Cc1ccc(S(=O)(=O)OC[C@H](COC(=O)Oc2ccccc2)OC(=O)Oc2ccccc2)cc1. The smallest absolute Gasteiger partial charge is 0.430 e. The maximum Gasteiger partial charge on any atom is 0.514 e. The zero-order valence-electron chi connectivity index (χ0n) is 18.2. The number of rotatable bonds is 9. The summed E-state index contributed by atoms with van der Waals surface area (Å²) in [4.78, 5) is 24.1. The minimum atomic E-state index is -4.16. The molecule has 0 heterocycles. The maximum atomic E-state index is 12.5. The molecule has 9 nitrogen and oxygen atoms in total. The van der Waals surface area contributed by atoms with Gasteiger partial charge in [-0.05, 0) is 43.3 Å². The highest BCUT2D eigenvalue weighted by molar-refractivity contribution is 7.86. The lowest BCUT2D eigenvalue weighted by atomic mass is 10.2. The van der Waals surface area contributed by atoms with Crippen molar-refractivity contribution < 1.29 is 41.1 Å². The van der Waals surface area contributed by atoms with Crippen LogP contribution in [0.15, 0.2) is 89.8 Å². The molecule has 0 amide bonds. The molecule has 3 aromatic rings. The molecule has 0 spiro atoms. The van der Waals surface area contributed by atoms with Gasteiger partial charge in [-0.2, -0.15) is 8.42 Å². The molecule has 34 heavy (non-hydrogen) atoms. The van der Waals surface area contributed by atoms with E-state index in [-0.39, 0.29) is 16.4 Å². The van der Waals surface area contributed by atoms with Crippen LogP contribution in [0.3, 0.4) is 0 Å². The van der Waals surface area contributed by atoms with Crippen LogP contribution >= 0.6 is 0 Å². The molecule has 0 unspecified atom stereocenters. The van der Waals surface area contributed by atoms with Crippen molar-refractivity contribution in [1.29, 1.82) is 0 Å². The van der Waals surface area contributed by atoms with Gasteiger partial charge in [0.05, 0.1) is 4.90 Å². The van der Waals surface area contributed by atoms with Gasteiger partial charge in [0.1, 0.15) is 24.7 Å². The molecule has 3 rings (SSSR count). The summed E-state index contributed by atoms with van der Waals surface area (Å²) in [6.07, 6.45) is -3.51. The average Bonchev–Trinajstić information content (AvgIpc) is 2.82. The summed E-state index contributed by atoms with van der Waals surface area (Å²) in [5.74, 6) is 0.454. The predicted molar refractivity (Wildman–Crippen MR) is 120 cm³/mol. The fraction of sp³-hybridized carbons (Fsp3) is 0.167. The number of carbonyl (C=O) groups excluding carboxylic acids is 2. The van der Waals surface area contributed by atoms with Crippen LogP contribution in [0.1, 0.15) is 5.56 Å². The third-order valence-corrected chi connectivity index (χ3v) is 5.55. The Kier molecular flexibility index (Phi) is 8.60. The van der Waals surface area contributed by atoms with E-state index in [4.69, 9.17) is 23.1 Å². The molecule has 10 heteroatoms. The predicted octanol–water partition coefficient (Wildman–Crippen LogP) is 4.50. The lowest BCUT2D eigenvalue weighted by Gasteiger charge is -2.17. The molecule has 0 aliphatic rings. The van der Waals surface area contributed by atoms with Crippen molar-refractivity contribution in [2.45, 2.75) is 17.9 Å². The second-order valence-electron chi connectivity index (χ2n) is 6.93. The molecule has 1 atom stereocenters. The third kappa shape index (κ3) is 7.91. The molecule has 178 valence electrons. The van der Waals surface area contributed by atoms with E-state index in [0.717, 1.165) is 5.56 Å². The lowest BCUT2D eigenvalue weighted by molar-refractivity contribution is -0.00649. The first-order chi connectivity index (χ1) is 16.3. The number of hydrogen-bond acceptors (Lipinski definition) is 9. The fourth-order valence-corrected chi connectivity index (χ4v) is 3.51. The van der Waals surface area contributed by atoms with E-state index >= 15 is 0 Å². The molecular formula is C24H22O9S. The molecule has 0 saturated heterocycles. The Labute approximate surface area is 196 Å². The van der Waals surface area contributed by atoms with Crippen LogP contribution in [0.5, 0.6) is 11.5 Å². The zero-order valence-corrected chi connectivity index (χ0v) is 19.0. The number of carbonyl (C=O) groups is 2. The molecule has 0 saturated carbocycles. The van der Waals surface area contributed by atoms with Gasteiger partial charge in [-0.1, -0.05) is 54.1 Å². The van der Waals surface area contributed by atoms with E-state index in [2.05, 4.69) is 0 Å². The molecule has 0 fully saturated rings. The highest BCUT2D eigenvalue weighted by Crippen LogP contribution is 2.16. The first kappa shape index (κ1) is 24.7. The molecular weight excluding hydrogens is 464 g/mol. The van der Waals surface area contributed by atoms with Gasteiger partial charge in [0, 0.05) is 0 Å². The van der Waals surface area contributed by atoms with E-state index in [1.165, 1.54) is 24.3 Å². The molecule has 0 aromatic heterocycles. The van der Waals surface area contributed by atoms with Gasteiger partial charge < -0.3 is 18.9 Å². The molecule has 0 bridgehead atoms. The first-order valence-electron chi connectivity index (χ1n) is 10.1. The van der Waals surface area contributed by atoms with Crippen LogP contribution in [-0.4, -0.2) is 40.0 Å².